The molecule has 0 heterocycles. The van der Waals surface area contributed by atoms with E-state index in [1.54, 1.807) is 0 Å². The summed E-state index contributed by atoms with van der Waals surface area (Å²) < 4.78 is 0. The van der Waals surface area contributed by atoms with Gasteiger partial charge in [0.15, 0.2) is 0 Å². The summed E-state index contributed by atoms with van der Waals surface area (Å²) in [6, 6.07) is 0. The molecule has 0 aliphatic rings. The summed E-state index contributed by atoms with van der Waals surface area (Å²) in [5.41, 5.74) is 0. The molecule has 0 aromatic heterocycles. The van der Waals surface area contributed by atoms with E-state index in [4.69, 9.17) is 4.79 Å². The standard InChI is InChI=1S/CHO.H2N.Zn/c1-2;;/h1H;1H2;/q2*-1;+2. The third-order valence-electron chi connectivity index (χ3n) is 0. The Morgan fingerprint density at radius 3 is 1.25 bits per heavy atom. The summed E-state index contributed by atoms with van der Waals surface area (Å²) in [5.74, 6) is 0. The molecule has 0 atom stereocenters. The third kappa shape index (κ3) is 55.1. The van der Waals surface area contributed by atoms with Crippen molar-refractivity contribution in [1.29, 1.82) is 0 Å². The van der Waals surface area contributed by atoms with Gasteiger partial charge < -0.3 is 10.9 Å². The van der Waals surface area contributed by atoms with Gasteiger partial charge in [0.2, 0.25) is 0 Å². The predicted octanol–water partition coefficient (Wildman–Crippen LogP) is 0.441. The molecule has 0 aromatic carbocycles. The van der Waals surface area contributed by atoms with Crippen molar-refractivity contribution in [2.45, 2.75) is 0 Å². The topological polar surface area (TPSA) is 50.6 Å². The van der Waals surface area contributed by atoms with E-state index in [0.29, 0.717) is 0 Å². The van der Waals surface area contributed by atoms with Gasteiger partial charge in [0, 0.05) is 0 Å². The largest absolute Gasteiger partial charge is 2.00 e. The van der Waals surface area contributed by atoms with Crippen LogP contribution in [0, 0.1) is 0 Å². The monoisotopic (exact) mass is 109 g/mol. The van der Waals surface area contributed by atoms with Gasteiger partial charge in [-0.2, -0.15) is 0 Å². The van der Waals surface area contributed by atoms with Crippen LogP contribution in [0.2, 0.25) is 0 Å². The minimum Gasteiger partial charge on any atom is -0.693 e. The average molecular weight is 110 g/mol. The first-order valence-corrected chi connectivity index (χ1v) is 0.236. The molecule has 0 aliphatic heterocycles. The van der Waals surface area contributed by atoms with Crippen molar-refractivity contribution in [3.05, 3.63) is 6.15 Å². The molecule has 0 saturated heterocycles. The Morgan fingerprint density at radius 1 is 1.25 bits per heavy atom. The normalized spacial score (nSPS) is 1.00. The molecule has 0 bridgehead atoms. The first-order chi connectivity index (χ1) is 1.00. The van der Waals surface area contributed by atoms with Crippen LogP contribution in [0.25, 0.3) is 6.15 Å². The van der Waals surface area contributed by atoms with Crippen molar-refractivity contribution in [2.24, 2.45) is 0 Å². The summed E-state index contributed by atoms with van der Waals surface area (Å²) in [5, 5.41) is 0. The molecule has 0 saturated carbocycles. The fourth-order valence-electron chi connectivity index (χ4n) is 0. The van der Waals surface area contributed by atoms with Gasteiger partial charge in [0.25, 0.3) is 0 Å². The summed E-state index contributed by atoms with van der Waals surface area (Å²) in [6.07, 6.45) is 0. The van der Waals surface area contributed by atoms with E-state index in [9.17, 15) is 0 Å². The van der Waals surface area contributed by atoms with Crippen molar-refractivity contribution >= 4 is 6.79 Å². The van der Waals surface area contributed by atoms with Crippen molar-refractivity contribution in [3.63, 3.8) is 0 Å². The summed E-state index contributed by atoms with van der Waals surface area (Å²) in [4.78, 5) is 7.75. The first kappa shape index (κ1) is 28.7. The van der Waals surface area contributed by atoms with Crippen molar-refractivity contribution in [3.8, 4) is 0 Å². The summed E-state index contributed by atoms with van der Waals surface area (Å²) >= 11 is 0. The van der Waals surface area contributed by atoms with E-state index < -0.39 is 0 Å². The Labute approximate surface area is 37.9 Å². The molecule has 0 aliphatic carbocycles. The summed E-state index contributed by atoms with van der Waals surface area (Å²) in [7, 11) is 0. The Morgan fingerprint density at radius 2 is 1.25 bits per heavy atom. The molecule has 0 rings (SSSR count). The fraction of sp³-hybridized carbons (Fsp3) is 0. The number of hydrogen-bond acceptors (Lipinski definition) is 1. The van der Waals surface area contributed by atoms with E-state index in [1.165, 1.54) is 0 Å². The van der Waals surface area contributed by atoms with Gasteiger partial charge in [-0.3, -0.25) is 6.79 Å². The molecule has 2 N–H and O–H groups in total. The zero-order valence-corrected chi connectivity index (χ0v) is 5.24. The zero-order chi connectivity index (χ0) is 2.00. The SMILES string of the molecule is [CH-]=O.[NH2-].[Zn+2]. The number of rotatable bonds is 0. The number of hydrogen-bond donors (Lipinski definition) is 0. The second-order valence-electron chi connectivity index (χ2n) is 0. The maximum absolute atomic E-state index is 7.75. The van der Waals surface area contributed by atoms with Crippen LogP contribution >= 0.6 is 0 Å². The minimum atomic E-state index is 0. The van der Waals surface area contributed by atoms with Crippen LogP contribution < -0.4 is 0 Å². The van der Waals surface area contributed by atoms with Crippen molar-refractivity contribution in [2.75, 3.05) is 0 Å². The van der Waals surface area contributed by atoms with Crippen LogP contribution in [0.3, 0.4) is 0 Å². The van der Waals surface area contributed by atoms with Crippen LogP contribution in [-0.4, -0.2) is 6.79 Å². The fourth-order valence-corrected chi connectivity index (χ4v) is 0. The van der Waals surface area contributed by atoms with Gasteiger partial charge in [-0.1, -0.05) is 0 Å². The second-order valence-corrected chi connectivity index (χ2v) is 0. The molecule has 0 amide bonds. The van der Waals surface area contributed by atoms with Gasteiger partial charge >= 0.3 is 19.5 Å². The molecule has 4 heavy (non-hydrogen) atoms. The second kappa shape index (κ2) is 257. The van der Waals surface area contributed by atoms with E-state index >= 15 is 0 Å². The van der Waals surface area contributed by atoms with Gasteiger partial charge in [0.05, 0.1) is 0 Å². The van der Waals surface area contributed by atoms with Crippen molar-refractivity contribution < 1.29 is 24.3 Å². The number of nitrogens with two attached hydrogens (primary N) is 1. The molecule has 0 fully saturated rings. The van der Waals surface area contributed by atoms with Gasteiger partial charge in [0.1, 0.15) is 0 Å². The summed E-state index contributed by atoms with van der Waals surface area (Å²) in [6.45, 7) is 3.25. The molecular weight excluding hydrogens is 107 g/mol. The maximum atomic E-state index is 7.75. The number of carbonyl (C=O) groups excluding carboxylic acids is 1. The Hall–Kier alpha value is 0.253. The average Bonchev–Trinajstić information content (AvgIpc) is 1.00. The smallest absolute Gasteiger partial charge is 0.693 e. The molecule has 0 unspecified atom stereocenters. The Kier molecular flexibility index (Phi) is 1840. The van der Waals surface area contributed by atoms with E-state index in [0.717, 1.165) is 0 Å². The molecule has 3 heteroatoms. The molecule has 0 aromatic rings. The molecule has 0 spiro atoms. The molecular formula is CH3NOZn. The van der Waals surface area contributed by atoms with Crippen LogP contribution in [0.1, 0.15) is 0 Å². The van der Waals surface area contributed by atoms with Gasteiger partial charge in [-0.05, 0) is 0 Å². The molecule has 20 valence electrons. The maximum Gasteiger partial charge on any atom is 2.00 e. The van der Waals surface area contributed by atoms with Crippen LogP contribution in [-0.2, 0) is 24.3 Å². The van der Waals surface area contributed by atoms with E-state index in [1.807, 2.05) is 0 Å². The zero-order valence-electron chi connectivity index (χ0n) is 2.27. The first-order valence-electron chi connectivity index (χ1n) is 0.236. The quantitative estimate of drug-likeness (QED) is 0.254. The van der Waals surface area contributed by atoms with Crippen LogP contribution in [0.15, 0.2) is 0 Å². The predicted molar refractivity (Wildman–Crippen MR) is 12.0 cm³/mol. The minimum absolute atomic E-state index is 0. The van der Waals surface area contributed by atoms with E-state index in [-0.39, 0.29) is 25.6 Å². The van der Waals surface area contributed by atoms with Gasteiger partial charge in [-0.15, -0.1) is 0 Å². The van der Waals surface area contributed by atoms with Crippen molar-refractivity contribution in [1.82, 2.24) is 0 Å². The molecule has 2 nitrogen and oxygen atoms in total. The van der Waals surface area contributed by atoms with Crippen LogP contribution in [0.5, 0.6) is 0 Å². The Bertz CT molecular complexity index is 8.00. The Balaban J connectivity index is -0.00000000500. The molecule has 0 radical (unpaired) electrons. The van der Waals surface area contributed by atoms with E-state index in [2.05, 4.69) is 6.79 Å². The van der Waals surface area contributed by atoms with Gasteiger partial charge in [-0.25, -0.2) is 0 Å². The van der Waals surface area contributed by atoms with Crippen LogP contribution in [0.4, 0.5) is 0 Å². The third-order valence-corrected chi connectivity index (χ3v) is 0.